The van der Waals surface area contributed by atoms with Gasteiger partial charge in [0.2, 0.25) is 0 Å². The molecular weight excluding hydrogens is 187 g/mol. The Balaban J connectivity index is 2.38. The molecule has 0 bridgehead atoms. The van der Waals surface area contributed by atoms with Crippen molar-refractivity contribution in [3.05, 3.63) is 66.0 Å². The molecule has 0 heterocycles. The first-order chi connectivity index (χ1) is 7.27. The molecule has 0 aromatic heterocycles. The quantitative estimate of drug-likeness (QED) is 0.512. The van der Waals surface area contributed by atoms with Crippen LogP contribution in [0.1, 0.15) is 11.1 Å². The predicted octanol–water partition coefficient (Wildman–Crippen LogP) is 3.87. The van der Waals surface area contributed by atoms with Gasteiger partial charge >= 0.3 is 0 Å². The fourth-order valence-electron chi connectivity index (χ4n) is 2.13. The first-order valence-corrected chi connectivity index (χ1v) is 4.86. The van der Waals surface area contributed by atoms with Crippen LogP contribution in [0.25, 0.3) is 16.7 Å². The molecule has 0 unspecified atom stereocenters. The molecule has 15 heavy (non-hydrogen) atoms. The average molecular weight is 196 g/mol. The van der Waals surface area contributed by atoms with Crippen LogP contribution >= 0.6 is 0 Å². The van der Waals surface area contributed by atoms with Gasteiger partial charge in [-0.25, -0.2) is 4.39 Å². The van der Waals surface area contributed by atoms with Crippen molar-refractivity contribution in [2.24, 2.45) is 0 Å². The summed E-state index contributed by atoms with van der Waals surface area (Å²) in [6, 6.07) is 12.9. The van der Waals surface area contributed by atoms with Crippen LogP contribution in [0.5, 0.6) is 0 Å². The Hall–Kier alpha value is -1.89. The predicted molar refractivity (Wildman–Crippen MR) is 60.0 cm³/mol. The van der Waals surface area contributed by atoms with Gasteiger partial charge < -0.3 is 0 Å². The Kier molecular flexibility index (Phi) is 1.57. The van der Waals surface area contributed by atoms with Gasteiger partial charge in [-0.3, -0.25) is 0 Å². The minimum Gasteiger partial charge on any atom is -0.207 e. The zero-order valence-corrected chi connectivity index (χ0v) is 8.13. The SMILES string of the molecule is C=C1c2ccccc2-c2ccc(F)cc21. The summed E-state index contributed by atoms with van der Waals surface area (Å²) in [6.07, 6.45) is 0. The van der Waals surface area contributed by atoms with E-state index in [-0.39, 0.29) is 5.82 Å². The molecule has 0 fully saturated rings. The number of fused-ring (bicyclic) bond motifs is 3. The molecule has 0 saturated carbocycles. The van der Waals surface area contributed by atoms with Gasteiger partial charge in [0, 0.05) is 0 Å². The van der Waals surface area contributed by atoms with E-state index in [0.29, 0.717) is 0 Å². The zero-order valence-electron chi connectivity index (χ0n) is 8.13. The fraction of sp³-hybridized carbons (Fsp3) is 0. The first kappa shape index (κ1) is 8.42. The third kappa shape index (κ3) is 1.06. The van der Waals surface area contributed by atoms with E-state index >= 15 is 0 Å². The Morgan fingerprint density at radius 2 is 1.47 bits per heavy atom. The summed E-state index contributed by atoms with van der Waals surface area (Å²) in [5.74, 6) is -0.206. The topological polar surface area (TPSA) is 0 Å². The molecular formula is C14H9F. The van der Waals surface area contributed by atoms with Crippen molar-refractivity contribution in [2.45, 2.75) is 0 Å². The molecule has 1 heteroatoms. The molecule has 0 N–H and O–H groups in total. The summed E-state index contributed by atoms with van der Waals surface area (Å²) in [5, 5.41) is 0. The third-order valence-electron chi connectivity index (χ3n) is 2.85. The molecule has 0 atom stereocenters. The van der Waals surface area contributed by atoms with Crippen LogP contribution in [-0.4, -0.2) is 0 Å². The average Bonchev–Trinajstić information content (AvgIpc) is 2.54. The van der Waals surface area contributed by atoms with Gasteiger partial charge in [-0.2, -0.15) is 0 Å². The first-order valence-electron chi connectivity index (χ1n) is 4.86. The molecule has 3 rings (SSSR count). The van der Waals surface area contributed by atoms with E-state index < -0.39 is 0 Å². The summed E-state index contributed by atoms with van der Waals surface area (Å²) < 4.78 is 13.1. The highest BCUT2D eigenvalue weighted by molar-refractivity contribution is 6.00. The van der Waals surface area contributed by atoms with Crippen LogP contribution < -0.4 is 0 Å². The van der Waals surface area contributed by atoms with E-state index in [2.05, 4.69) is 6.58 Å². The Bertz CT molecular complexity index is 567. The maximum absolute atomic E-state index is 13.1. The van der Waals surface area contributed by atoms with E-state index in [1.165, 1.54) is 6.07 Å². The second-order valence-corrected chi connectivity index (χ2v) is 3.71. The van der Waals surface area contributed by atoms with Gasteiger partial charge in [-0.15, -0.1) is 0 Å². The van der Waals surface area contributed by atoms with Crippen LogP contribution in [0.15, 0.2) is 49.0 Å². The summed E-state index contributed by atoms with van der Waals surface area (Å²) in [5.41, 5.74) is 5.17. The van der Waals surface area contributed by atoms with Gasteiger partial charge in [0.25, 0.3) is 0 Å². The van der Waals surface area contributed by atoms with Crippen molar-refractivity contribution >= 4 is 5.57 Å². The Morgan fingerprint density at radius 3 is 2.27 bits per heavy atom. The van der Waals surface area contributed by atoms with E-state index in [0.717, 1.165) is 27.8 Å². The van der Waals surface area contributed by atoms with Gasteiger partial charge in [-0.05, 0) is 40.0 Å². The lowest BCUT2D eigenvalue weighted by molar-refractivity contribution is 0.627. The van der Waals surface area contributed by atoms with Crippen molar-refractivity contribution in [1.82, 2.24) is 0 Å². The Morgan fingerprint density at radius 1 is 0.800 bits per heavy atom. The largest absolute Gasteiger partial charge is 0.207 e. The maximum Gasteiger partial charge on any atom is 0.123 e. The maximum atomic E-state index is 13.1. The van der Waals surface area contributed by atoms with E-state index in [1.54, 1.807) is 6.07 Å². The van der Waals surface area contributed by atoms with Crippen molar-refractivity contribution in [3.8, 4) is 11.1 Å². The molecule has 2 aromatic carbocycles. The van der Waals surface area contributed by atoms with Gasteiger partial charge in [0.05, 0.1) is 0 Å². The highest BCUT2D eigenvalue weighted by atomic mass is 19.1. The van der Waals surface area contributed by atoms with Crippen LogP contribution in [0.2, 0.25) is 0 Å². The molecule has 0 saturated heterocycles. The summed E-state index contributed by atoms with van der Waals surface area (Å²) >= 11 is 0. The van der Waals surface area contributed by atoms with Crippen molar-refractivity contribution in [1.29, 1.82) is 0 Å². The van der Waals surface area contributed by atoms with Crippen molar-refractivity contribution < 1.29 is 4.39 Å². The highest BCUT2D eigenvalue weighted by Crippen LogP contribution is 2.43. The molecule has 1 aliphatic rings. The van der Waals surface area contributed by atoms with Crippen LogP contribution in [0, 0.1) is 5.82 Å². The summed E-state index contributed by atoms with van der Waals surface area (Å²) in [6.45, 7) is 4.01. The minimum absolute atomic E-state index is 0.206. The Labute approximate surface area is 87.7 Å². The second kappa shape index (κ2) is 2.80. The zero-order chi connectivity index (χ0) is 10.4. The van der Waals surface area contributed by atoms with Crippen LogP contribution in [0.4, 0.5) is 4.39 Å². The monoisotopic (exact) mass is 196 g/mol. The normalized spacial score (nSPS) is 12.5. The summed E-state index contributed by atoms with van der Waals surface area (Å²) in [7, 11) is 0. The smallest absolute Gasteiger partial charge is 0.123 e. The van der Waals surface area contributed by atoms with Gasteiger partial charge in [-0.1, -0.05) is 36.9 Å². The van der Waals surface area contributed by atoms with Gasteiger partial charge in [0.1, 0.15) is 5.82 Å². The minimum atomic E-state index is -0.206. The molecule has 1 aliphatic carbocycles. The fourth-order valence-corrected chi connectivity index (χ4v) is 2.13. The second-order valence-electron chi connectivity index (χ2n) is 3.71. The van der Waals surface area contributed by atoms with Crippen LogP contribution in [-0.2, 0) is 0 Å². The number of rotatable bonds is 0. The molecule has 0 amide bonds. The number of hydrogen-bond donors (Lipinski definition) is 0. The number of hydrogen-bond acceptors (Lipinski definition) is 0. The third-order valence-corrected chi connectivity index (χ3v) is 2.85. The van der Waals surface area contributed by atoms with E-state index in [1.807, 2.05) is 30.3 Å². The summed E-state index contributed by atoms with van der Waals surface area (Å²) in [4.78, 5) is 0. The lowest BCUT2D eigenvalue weighted by atomic mass is 10.1. The van der Waals surface area contributed by atoms with E-state index in [4.69, 9.17) is 0 Å². The van der Waals surface area contributed by atoms with E-state index in [9.17, 15) is 4.39 Å². The lowest BCUT2D eigenvalue weighted by Gasteiger charge is -1.99. The number of benzene rings is 2. The molecule has 0 aliphatic heterocycles. The van der Waals surface area contributed by atoms with Crippen molar-refractivity contribution in [3.63, 3.8) is 0 Å². The molecule has 72 valence electrons. The molecule has 0 radical (unpaired) electrons. The molecule has 0 nitrogen and oxygen atoms in total. The lowest BCUT2D eigenvalue weighted by Crippen LogP contribution is -1.80. The van der Waals surface area contributed by atoms with Crippen LogP contribution in [0.3, 0.4) is 0 Å². The molecule has 2 aromatic rings. The standard InChI is InChI=1S/C14H9F/c1-9-11-4-2-3-5-12(11)13-7-6-10(15)8-14(9)13/h2-8H,1H2. The number of halogens is 1. The van der Waals surface area contributed by atoms with Crippen molar-refractivity contribution in [2.75, 3.05) is 0 Å². The highest BCUT2D eigenvalue weighted by Gasteiger charge is 2.21. The molecule has 0 spiro atoms. The van der Waals surface area contributed by atoms with Gasteiger partial charge in [0.15, 0.2) is 0 Å².